The molecule has 14 heavy (non-hydrogen) atoms. The van der Waals surface area contributed by atoms with Gasteiger partial charge >= 0.3 is 0 Å². The first-order valence-electron chi connectivity index (χ1n) is 5.12. The van der Waals surface area contributed by atoms with Crippen LogP contribution in [0.2, 0.25) is 0 Å². The molecule has 1 N–H and O–H groups in total. The Bertz CT molecular complexity index is 370. The molecule has 2 rings (SSSR count). The van der Waals surface area contributed by atoms with Crippen molar-refractivity contribution in [3.05, 3.63) is 35.4 Å². The van der Waals surface area contributed by atoms with Gasteiger partial charge in [-0.2, -0.15) is 0 Å². The lowest BCUT2D eigenvalue weighted by Crippen LogP contribution is -2.29. The number of nitrogens with one attached hydrogen (secondary N) is 1. The molecule has 0 unspecified atom stereocenters. The van der Waals surface area contributed by atoms with Crippen molar-refractivity contribution in [2.75, 3.05) is 6.54 Å². The van der Waals surface area contributed by atoms with Crippen LogP contribution in [-0.4, -0.2) is 6.54 Å². The van der Waals surface area contributed by atoms with Gasteiger partial charge in [-0.1, -0.05) is 24.3 Å². The van der Waals surface area contributed by atoms with Crippen molar-refractivity contribution in [3.63, 3.8) is 0 Å². The molecule has 1 aliphatic rings. The van der Waals surface area contributed by atoms with E-state index in [1.165, 1.54) is 11.1 Å². The molecule has 1 nitrogen and oxygen atoms in total. The molecule has 1 aromatic rings. The maximum absolute atomic E-state index is 3.51. The maximum atomic E-state index is 3.51. The third-order valence-electron chi connectivity index (χ3n) is 2.70. The lowest BCUT2D eigenvalue weighted by Gasteiger charge is -2.25. The third kappa shape index (κ3) is 1.81. The zero-order valence-electron chi connectivity index (χ0n) is 8.51. The molecule has 1 aromatic carbocycles. The molecule has 1 heteroatoms. The summed E-state index contributed by atoms with van der Waals surface area (Å²) in [5.41, 5.74) is 2.91. The highest BCUT2D eigenvalue weighted by molar-refractivity contribution is 5.33. The smallest absolute Gasteiger partial charge is 0.0433 e. The van der Waals surface area contributed by atoms with E-state index in [2.05, 4.69) is 41.4 Å². The molecular weight excluding hydrogens is 170 g/mol. The first kappa shape index (κ1) is 9.30. The van der Waals surface area contributed by atoms with E-state index in [0.29, 0.717) is 6.04 Å². The molecule has 1 atom stereocenters. The van der Waals surface area contributed by atoms with E-state index in [1.807, 2.05) is 6.92 Å². The van der Waals surface area contributed by atoms with E-state index < -0.39 is 0 Å². The lowest BCUT2D eigenvalue weighted by atomic mass is 9.93. The minimum absolute atomic E-state index is 0.437. The highest BCUT2D eigenvalue weighted by atomic mass is 14.9. The Hall–Kier alpha value is -1.26. The average molecular weight is 185 g/mol. The predicted molar refractivity (Wildman–Crippen MR) is 59.0 cm³/mol. The van der Waals surface area contributed by atoms with Gasteiger partial charge in [0.1, 0.15) is 0 Å². The van der Waals surface area contributed by atoms with Gasteiger partial charge in [-0.25, -0.2) is 0 Å². The molecule has 0 fully saturated rings. The van der Waals surface area contributed by atoms with Crippen molar-refractivity contribution in [3.8, 4) is 11.8 Å². The summed E-state index contributed by atoms with van der Waals surface area (Å²) in [6.07, 6.45) is 2.07. The summed E-state index contributed by atoms with van der Waals surface area (Å²) in [5.74, 6) is 6.10. The van der Waals surface area contributed by atoms with E-state index in [-0.39, 0.29) is 0 Å². The van der Waals surface area contributed by atoms with Crippen molar-refractivity contribution in [2.45, 2.75) is 25.8 Å². The molecule has 0 saturated carbocycles. The summed E-state index contributed by atoms with van der Waals surface area (Å²) in [4.78, 5) is 0. The van der Waals surface area contributed by atoms with Gasteiger partial charge < -0.3 is 5.32 Å². The van der Waals surface area contributed by atoms with Gasteiger partial charge in [0.25, 0.3) is 0 Å². The summed E-state index contributed by atoms with van der Waals surface area (Å²) in [5, 5.41) is 3.51. The summed E-state index contributed by atoms with van der Waals surface area (Å²) in [7, 11) is 0. The average Bonchev–Trinajstić information content (AvgIpc) is 2.26. The van der Waals surface area contributed by atoms with Gasteiger partial charge in [0.05, 0.1) is 0 Å². The van der Waals surface area contributed by atoms with Crippen molar-refractivity contribution < 1.29 is 0 Å². The third-order valence-corrected chi connectivity index (χ3v) is 2.70. The predicted octanol–water partition coefficient (Wildman–Crippen LogP) is 2.29. The van der Waals surface area contributed by atoms with Gasteiger partial charge in [-0.15, -0.1) is 11.8 Å². The summed E-state index contributed by atoms with van der Waals surface area (Å²) >= 11 is 0. The molecule has 0 bridgehead atoms. The first-order chi connectivity index (χ1) is 6.92. The van der Waals surface area contributed by atoms with Gasteiger partial charge in [-0.3, -0.25) is 0 Å². The Morgan fingerprint density at radius 2 is 2.29 bits per heavy atom. The molecular formula is C13H15N. The van der Waals surface area contributed by atoms with Crippen LogP contribution in [0.15, 0.2) is 24.3 Å². The van der Waals surface area contributed by atoms with Crippen LogP contribution in [0.3, 0.4) is 0 Å². The van der Waals surface area contributed by atoms with E-state index in [4.69, 9.17) is 0 Å². The van der Waals surface area contributed by atoms with Crippen LogP contribution in [0.5, 0.6) is 0 Å². The monoisotopic (exact) mass is 185 g/mol. The number of fused-ring (bicyclic) bond motifs is 1. The molecule has 0 spiro atoms. The molecule has 0 aliphatic carbocycles. The van der Waals surface area contributed by atoms with Crippen molar-refractivity contribution in [1.82, 2.24) is 5.32 Å². The van der Waals surface area contributed by atoms with Gasteiger partial charge in [-0.05, 0) is 31.0 Å². The fourth-order valence-electron chi connectivity index (χ4n) is 1.98. The van der Waals surface area contributed by atoms with Crippen LogP contribution >= 0.6 is 0 Å². The Kier molecular flexibility index (Phi) is 2.86. The molecule has 1 heterocycles. The largest absolute Gasteiger partial charge is 0.309 e. The molecule has 0 amide bonds. The maximum Gasteiger partial charge on any atom is 0.0433 e. The summed E-state index contributed by atoms with van der Waals surface area (Å²) in [6.45, 7) is 2.97. The molecule has 0 radical (unpaired) electrons. The molecule has 1 aliphatic heterocycles. The van der Waals surface area contributed by atoms with E-state index >= 15 is 0 Å². The number of benzene rings is 1. The second kappa shape index (κ2) is 4.30. The Balaban J connectivity index is 2.24. The summed E-state index contributed by atoms with van der Waals surface area (Å²) in [6, 6.07) is 9.10. The van der Waals surface area contributed by atoms with Crippen LogP contribution in [0.1, 0.15) is 30.5 Å². The number of hydrogen-bond acceptors (Lipinski definition) is 1. The minimum atomic E-state index is 0.437. The highest BCUT2D eigenvalue weighted by Crippen LogP contribution is 2.24. The topological polar surface area (TPSA) is 12.0 Å². The second-order valence-corrected chi connectivity index (χ2v) is 3.59. The summed E-state index contributed by atoms with van der Waals surface area (Å²) < 4.78 is 0. The molecule has 0 aromatic heterocycles. The first-order valence-corrected chi connectivity index (χ1v) is 5.12. The number of rotatable bonds is 1. The zero-order chi connectivity index (χ0) is 9.80. The molecule has 72 valence electrons. The zero-order valence-corrected chi connectivity index (χ0v) is 8.51. The molecule has 0 saturated heterocycles. The Morgan fingerprint density at radius 3 is 3.14 bits per heavy atom. The normalized spacial score (nSPS) is 19.4. The highest BCUT2D eigenvalue weighted by Gasteiger charge is 2.17. The van der Waals surface area contributed by atoms with E-state index in [0.717, 1.165) is 19.4 Å². The second-order valence-electron chi connectivity index (χ2n) is 3.59. The SMILES string of the molecule is CC#CC[C@H]1NCCc2ccccc21. The van der Waals surface area contributed by atoms with Gasteiger partial charge in [0.2, 0.25) is 0 Å². The van der Waals surface area contributed by atoms with Crippen LogP contribution in [0.25, 0.3) is 0 Å². The van der Waals surface area contributed by atoms with Gasteiger partial charge in [0.15, 0.2) is 0 Å². The fraction of sp³-hybridized carbons (Fsp3) is 0.385. The van der Waals surface area contributed by atoms with Crippen LogP contribution < -0.4 is 5.32 Å². The standard InChI is InChI=1S/C13H15N/c1-2-3-8-13-12-7-5-4-6-11(12)9-10-14-13/h4-7,13-14H,8-10H2,1H3/t13-/m1/s1. The minimum Gasteiger partial charge on any atom is -0.309 e. The fourth-order valence-corrected chi connectivity index (χ4v) is 1.98. The van der Waals surface area contributed by atoms with Crippen molar-refractivity contribution in [1.29, 1.82) is 0 Å². The lowest BCUT2D eigenvalue weighted by molar-refractivity contribution is 0.514. The Labute approximate surface area is 85.5 Å². The Morgan fingerprint density at radius 1 is 1.43 bits per heavy atom. The van der Waals surface area contributed by atoms with Crippen molar-refractivity contribution in [2.24, 2.45) is 0 Å². The van der Waals surface area contributed by atoms with Crippen molar-refractivity contribution >= 4 is 0 Å². The van der Waals surface area contributed by atoms with E-state index in [1.54, 1.807) is 0 Å². The quantitative estimate of drug-likeness (QED) is 0.662. The number of hydrogen-bond donors (Lipinski definition) is 1. The van der Waals surface area contributed by atoms with Crippen LogP contribution in [0.4, 0.5) is 0 Å². The van der Waals surface area contributed by atoms with E-state index in [9.17, 15) is 0 Å². The van der Waals surface area contributed by atoms with Crippen LogP contribution in [-0.2, 0) is 6.42 Å². The van der Waals surface area contributed by atoms with Crippen LogP contribution in [0, 0.1) is 11.8 Å². The van der Waals surface area contributed by atoms with Gasteiger partial charge in [0, 0.05) is 12.5 Å².